The number of allylic oxidation sites excluding steroid dienone is 1. The van der Waals surface area contributed by atoms with E-state index in [-0.39, 0.29) is 11.7 Å². The van der Waals surface area contributed by atoms with Gasteiger partial charge in [0, 0.05) is 0 Å². The lowest BCUT2D eigenvalue weighted by Gasteiger charge is -2.06. The molecule has 0 amide bonds. The molecule has 0 rings (SSSR count). The molecule has 0 aromatic carbocycles. The summed E-state index contributed by atoms with van der Waals surface area (Å²) in [7, 11) is 0. The summed E-state index contributed by atoms with van der Waals surface area (Å²) in [6, 6.07) is 0. The van der Waals surface area contributed by atoms with Gasteiger partial charge < -0.3 is 4.74 Å². The lowest BCUT2D eigenvalue weighted by Crippen LogP contribution is -2.14. The number of aldehydes is 1. The van der Waals surface area contributed by atoms with Crippen LogP contribution < -0.4 is 0 Å². The van der Waals surface area contributed by atoms with Gasteiger partial charge in [-0.2, -0.15) is 0 Å². The van der Waals surface area contributed by atoms with E-state index in [1.54, 1.807) is 20.8 Å². The van der Waals surface area contributed by atoms with Gasteiger partial charge >= 0.3 is 5.97 Å². The Hall–Kier alpha value is -1.12. The average Bonchev–Trinajstić information content (AvgIpc) is 1.88. The van der Waals surface area contributed by atoms with Gasteiger partial charge in [-0.15, -0.1) is 0 Å². The van der Waals surface area contributed by atoms with Gasteiger partial charge in [-0.3, -0.25) is 4.79 Å². The zero-order valence-electron chi connectivity index (χ0n) is 6.96. The van der Waals surface area contributed by atoms with E-state index in [1.807, 2.05) is 0 Å². The van der Waals surface area contributed by atoms with Crippen molar-refractivity contribution in [2.45, 2.75) is 26.9 Å². The molecule has 0 heterocycles. The van der Waals surface area contributed by atoms with E-state index in [0.717, 1.165) is 0 Å². The second-order valence-electron chi connectivity index (χ2n) is 2.32. The Bertz CT molecular complexity index is 180. The fourth-order valence-corrected chi connectivity index (χ4v) is 0.516. The summed E-state index contributed by atoms with van der Waals surface area (Å²) in [4.78, 5) is 21.1. The van der Waals surface area contributed by atoms with E-state index < -0.39 is 5.97 Å². The van der Waals surface area contributed by atoms with Gasteiger partial charge in [0.15, 0.2) is 6.29 Å². The third kappa shape index (κ3) is 3.55. The van der Waals surface area contributed by atoms with Crippen LogP contribution in [0.2, 0.25) is 0 Å². The highest BCUT2D eigenvalue weighted by Crippen LogP contribution is 1.97. The summed E-state index contributed by atoms with van der Waals surface area (Å²) >= 11 is 0. The molecule has 0 N–H and O–H groups in total. The molecule has 0 atom stereocenters. The van der Waals surface area contributed by atoms with Gasteiger partial charge in [0.1, 0.15) is 0 Å². The fourth-order valence-electron chi connectivity index (χ4n) is 0.516. The smallest absolute Gasteiger partial charge is 0.341 e. The molecule has 62 valence electrons. The van der Waals surface area contributed by atoms with Crippen LogP contribution in [0.4, 0.5) is 0 Å². The van der Waals surface area contributed by atoms with Crippen LogP contribution in [0, 0.1) is 0 Å². The Morgan fingerprint density at radius 1 is 1.45 bits per heavy atom. The van der Waals surface area contributed by atoms with Crippen LogP contribution in [0.25, 0.3) is 0 Å². The monoisotopic (exact) mass is 156 g/mol. The predicted octanol–water partition coefficient (Wildman–Crippen LogP) is 1.08. The second-order valence-corrected chi connectivity index (χ2v) is 2.32. The van der Waals surface area contributed by atoms with E-state index >= 15 is 0 Å². The van der Waals surface area contributed by atoms with Gasteiger partial charge in [0.25, 0.3) is 0 Å². The molecule has 0 aromatic heterocycles. The van der Waals surface area contributed by atoms with Crippen molar-refractivity contribution in [3.8, 4) is 0 Å². The molecule has 0 saturated heterocycles. The summed E-state index contributed by atoms with van der Waals surface area (Å²) in [6.45, 7) is 5.08. The van der Waals surface area contributed by atoms with Crippen LogP contribution in [0.3, 0.4) is 0 Å². The molecule has 3 heteroatoms. The quantitative estimate of drug-likeness (QED) is 0.202. The number of ether oxygens (including phenoxy) is 1. The highest BCUT2D eigenvalue weighted by Gasteiger charge is 2.09. The summed E-state index contributed by atoms with van der Waals surface area (Å²) in [6.07, 6.45) is 1.74. The zero-order valence-corrected chi connectivity index (χ0v) is 6.96. The van der Waals surface area contributed by atoms with Crippen molar-refractivity contribution in [3.63, 3.8) is 0 Å². The van der Waals surface area contributed by atoms with Crippen LogP contribution >= 0.6 is 0 Å². The third-order valence-electron chi connectivity index (χ3n) is 1.02. The molecule has 0 aliphatic rings. The maximum Gasteiger partial charge on any atom is 0.341 e. The summed E-state index contributed by atoms with van der Waals surface area (Å²) in [5.74, 6) is -0.558. The molecular weight excluding hydrogens is 144 g/mol. The van der Waals surface area contributed by atoms with Crippen molar-refractivity contribution in [2.24, 2.45) is 0 Å². The molecular formula is C8H12O3. The fraction of sp³-hybridized carbons (Fsp3) is 0.500. The molecule has 0 aliphatic heterocycles. The maximum atomic E-state index is 10.9. The van der Waals surface area contributed by atoms with E-state index in [9.17, 15) is 9.59 Å². The molecule has 11 heavy (non-hydrogen) atoms. The van der Waals surface area contributed by atoms with Gasteiger partial charge in [-0.05, 0) is 20.8 Å². The molecule has 0 unspecified atom stereocenters. The standard InChI is InChI=1S/C8H12O3/c1-4-7(5-9)8(10)11-6(2)3/h4-6H,1-3H3/b7-4-. The van der Waals surface area contributed by atoms with E-state index in [2.05, 4.69) is 0 Å². The number of hydrogen-bond donors (Lipinski definition) is 0. The van der Waals surface area contributed by atoms with Crippen LogP contribution in [-0.2, 0) is 14.3 Å². The van der Waals surface area contributed by atoms with Crippen molar-refractivity contribution in [1.82, 2.24) is 0 Å². The van der Waals surface area contributed by atoms with Gasteiger partial charge in [-0.1, -0.05) is 6.08 Å². The first-order valence-electron chi connectivity index (χ1n) is 3.44. The first-order chi connectivity index (χ1) is 5.11. The second kappa shape index (κ2) is 4.66. The Morgan fingerprint density at radius 3 is 2.27 bits per heavy atom. The molecule has 0 aliphatic carbocycles. The number of hydrogen-bond acceptors (Lipinski definition) is 3. The number of carbonyl (C=O) groups is 2. The molecule has 0 saturated carbocycles. The minimum absolute atomic E-state index is 0.0682. The highest BCUT2D eigenvalue weighted by atomic mass is 16.5. The third-order valence-corrected chi connectivity index (χ3v) is 1.02. The number of esters is 1. The molecule has 0 fully saturated rings. The van der Waals surface area contributed by atoms with Crippen molar-refractivity contribution in [3.05, 3.63) is 11.6 Å². The summed E-state index contributed by atoms with van der Waals surface area (Å²) in [5, 5.41) is 0. The Balaban J connectivity index is 4.12. The number of rotatable bonds is 3. The van der Waals surface area contributed by atoms with Crippen molar-refractivity contribution >= 4 is 12.3 Å². The lowest BCUT2D eigenvalue weighted by atomic mass is 10.3. The first kappa shape index (κ1) is 9.88. The topological polar surface area (TPSA) is 43.4 Å². The van der Waals surface area contributed by atoms with Gasteiger partial charge in [0.05, 0.1) is 11.7 Å². The van der Waals surface area contributed by atoms with Crippen LogP contribution in [-0.4, -0.2) is 18.4 Å². The van der Waals surface area contributed by atoms with Crippen LogP contribution in [0.5, 0.6) is 0 Å². The normalized spacial score (nSPS) is 11.5. The first-order valence-corrected chi connectivity index (χ1v) is 3.44. The highest BCUT2D eigenvalue weighted by molar-refractivity contribution is 6.07. The largest absolute Gasteiger partial charge is 0.459 e. The van der Waals surface area contributed by atoms with Gasteiger partial charge in [-0.25, -0.2) is 4.79 Å². The Morgan fingerprint density at radius 2 is 2.00 bits per heavy atom. The summed E-state index contributed by atoms with van der Waals surface area (Å²) in [5.41, 5.74) is 0.0682. The summed E-state index contributed by atoms with van der Waals surface area (Å²) < 4.78 is 4.76. The van der Waals surface area contributed by atoms with Crippen LogP contribution in [0.1, 0.15) is 20.8 Å². The molecule has 0 spiro atoms. The minimum atomic E-state index is -0.558. The zero-order chi connectivity index (χ0) is 8.85. The van der Waals surface area contributed by atoms with Crippen LogP contribution in [0.15, 0.2) is 11.6 Å². The van der Waals surface area contributed by atoms with Crippen molar-refractivity contribution < 1.29 is 14.3 Å². The lowest BCUT2D eigenvalue weighted by molar-refractivity contribution is -0.143. The molecule has 0 bridgehead atoms. The minimum Gasteiger partial charge on any atom is -0.459 e. The maximum absolute atomic E-state index is 10.9. The average molecular weight is 156 g/mol. The Labute approximate surface area is 66.0 Å². The Kier molecular flexibility index (Phi) is 4.18. The predicted molar refractivity (Wildman–Crippen MR) is 41.0 cm³/mol. The van der Waals surface area contributed by atoms with Crippen molar-refractivity contribution in [2.75, 3.05) is 0 Å². The van der Waals surface area contributed by atoms with E-state index in [4.69, 9.17) is 4.74 Å². The number of carbonyl (C=O) groups excluding carboxylic acids is 2. The molecule has 0 radical (unpaired) electrons. The SMILES string of the molecule is C/C=C(/C=O)C(=O)OC(C)C. The molecule has 0 aromatic rings. The van der Waals surface area contributed by atoms with Crippen molar-refractivity contribution in [1.29, 1.82) is 0 Å². The van der Waals surface area contributed by atoms with Gasteiger partial charge in [0.2, 0.25) is 0 Å². The van der Waals surface area contributed by atoms with E-state index in [0.29, 0.717) is 6.29 Å². The molecule has 3 nitrogen and oxygen atoms in total. The van der Waals surface area contributed by atoms with E-state index in [1.165, 1.54) is 6.08 Å².